The van der Waals surface area contributed by atoms with Crippen molar-refractivity contribution in [2.45, 2.75) is 32.1 Å². The molecule has 2 N–H and O–H groups in total. The number of nitrogens with two attached hydrogens (primary N) is 1. The number of benzene rings is 1. The van der Waals surface area contributed by atoms with Gasteiger partial charge in [-0.05, 0) is 24.8 Å². The summed E-state index contributed by atoms with van der Waals surface area (Å²) < 4.78 is 11.4. The highest BCUT2D eigenvalue weighted by molar-refractivity contribution is 5.14. The second kappa shape index (κ2) is 9.08. The van der Waals surface area contributed by atoms with E-state index in [0.717, 1.165) is 39.1 Å². The molecule has 0 aromatic heterocycles. The second-order valence-corrected chi connectivity index (χ2v) is 5.22. The zero-order chi connectivity index (χ0) is 14.0. The lowest BCUT2D eigenvalue weighted by Gasteiger charge is -2.25. The van der Waals surface area contributed by atoms with Crippen molar-refractivity contribution in [2.24, 2.45) is 5.73 Å². The summed E-state index contributed by atoms with van der Waals surface area (Å²) in [4.78, 5) is 2.33. The third-order valence-electron chi connectivity index (χ3n) is 3.54. The van der Waals surface area contributed by atoms with E-state index in [9.17, 15) is 0 Å². The molecule has 2 rings (SSSR count). The molecular weight excluding hydrogens is 252 g/mol. The third kappa shape index (κ3) is 5.59. The number of hydrogen-bond acceptors (Lipinski definition) is 4. The van der Waals surface area contributed by atoms with Gasteiger partial charge in [0.05, 0.1) is 6.61 Å². The third-order valence-corrected chi connectivity index (χ3v) is 3.54. The highest BCUT2D eigenvalue weighted by Crippen LogP contribution is 2.13. The largest absolute Gasteiger partial charge is 0.353 e. The number of hydrogen-bond donors (Lipinski definition) is 1. The SMILES string of the molecule is NCCN(CCOC1CCCCO1)Cc1ccccc1. The van der Waals surface area contributed by atoms with E-state index in [1.165, 1.54) is 12.0 Å². The van der Waals surface area contributed by atoms with Crippen LogP contribution in [0, 0.1) is 0 Å². The predicted octanol–water partition coefficient (Wildman–Crippen LogP) is 1.99. The molecule has 4 nitrogen and oxygen atoms in total. The van der Waals surface area contributed by atoms with Gasteiger partial charge in [-0.3, -0.25) is 4.90 Å². The maximum Gasteiger partial charge on any atom is 0.157 e. The Morgan fingerprint density at radius 2 is 2.05 bits per heavy atom. The molecule has 1 fully saturated rings. The van der Waals surface area contributed by atoms with E-state index in [1.54, 1.807) is 0 Å². The van der Waals surface area contributed by atoms with Gasteiger partial charge in [0.1, 0.15) is 0 Å². The van der Waals surface area contributed by atoms with Crippen molar-refractivity contribution in [3.05, 3.63) is 35.9 Å². The van der Waals surface area contributed by atoms with E-state index < -0.39 is 0 Å². The lowest BCUT2D eigenvalue weighted by atomic mass is 10.2. The monoisotopic (exact) mass is 278 g/mol. The predicted molar refractivity (Wildman–Crippen MR) is 80.3 cm³/mol. The lowest BCUT2D eigenvalue weighted by Crippen LogP contribution is -2.33. The van der Waals surface area contributed by atoms with Crippen molar-refractivity contribution in [2.75, 3.05) is 32.8 Å². The lowest BCUT2D eigenvalue weighted by molar-refractivity contribution is -0.164. The molecule has 112 valence electrons. The summed E-state index contributed by atoms with van der Waals surface area (Å²) in [7, 11) is 0. The molecule has 1 aliphatic rings. The normalized spacial score (nSPS) is 19.4. The molecule has 0 radical (unpaired) electrons. The summed E-state index contributed by atoms with van der Waals surface area (Å²) in [5.41, 5.74) is 7.01. The van der Waals surface area contributed by atoms with Crippen LogP contribution in [-0.2, 0) is 16.0 Å². The van der Waals surface area contributed by atoms with Gasteiger partial charge in [-0.2, -0.15) is 0 Å². The van der Waals surface area contributed by atoms with Gasteiger partial charge in [0, 0.05) is 32.8 Å². The van der Waals surface area contributed by atoms with Crippen molar-refractivity contribution < 1.29 is 9.47 Å². The smallest absolute Gasteiger partial charge is 0.157 e. The topological polar surface area (TPSA) is 47.7 Å². The fraction of sp³-hybridized carbons (Fsp3) is 0.625. The molecule has 1 saturated heterocycles. The van der Waals surface area contributed by atoms with Crippen LogP contribution in [0.5, 0.6) is 0 Å². The first-order chi connectivity index (χ1) is 9.88. The van der Waals surface area contributed by atoms with Crippen LogP contribution in [0.2, 0.25) is 0 Å². The second-order valence-electron chi connectivity index (χ2n) is 5.22. The van der Waals surface area contributed by atoms with E-state index in [-0.39, 0.29) is 6.29 Å². The Morgan fingerprint density at radius 3 is 2.75 bits per heavy atom. The molecule has 1 aliphatic heterocycles. The maximum absolute atomic E-state index is 5.79. The van der Waals surface area contributed by atoms with Crippen LogP contribution in [0.25, 0.3) is 0 Å². The van der Waals surface area contributed by atoms with Crippen LogP contribution in [0.15, 0.2) is 30.3 Å². The van der Waals surface area contributed by atoms with Gasteiger partial charge in [-0.1, -0.05) is 30.3 Å². The molecule has 1 heterocycles. The molecule has 1 atom stereocenters. The van der Waals surface area contributed by atoms with Crippen LogP contribution in [0.3, 0.4) is 0 Å². The molecule has 0 bridgehead atoms. The van der Waals surface area contributed by atoms with E-state index in [4.69, 9.17) is 15.2 Å². The minimum atomic E-state index is 0.000187. The average molecular weight is 278 g/mol. The average Bonchev–Trinajstić information content (AvgIpc) is 2.49. The van der Waals surface area contributed by atoms with Crippen LogP contribution in [0.4, 0.5) is 0 Å². The van der Waals surface area contributed by atoms with Gasteiger partial charge < -0.3 is 15.2 Å². The van der Waals surface area contributed by atoms with Crippen molar-refractivity contribution >= 4 is 0 Å². The number of rotatable bonds is 8. The molecule has 1 aromatic rings. The fourth-order valence-electron chi connectivity index (χ4n) is 2.45. The molecular formula is C16H26N2O2. The first kappa shape index (κ1) is 15.4. The molecule has 0 saturated carbocycles. The Kier molecular flexibility index (Phi) is 7.01. The van der Waals surface area contributed by atoms with Crippen LogP contribution >= 0.6 is 0 Å². The highest BCUT2D eigenvalue weighted by Gasteiger charge is 2.14. The van der Waals surface area contributed by atoms with Crippen molar-refractivity contribution in [1.82, 2.24) is 4.90 Å². The first-order valence-electron chi connectivity index (χ1n) is 7.58. The molecule has 0 spiro atoms. The Hall–Kier alpha value is -0.940. The minimum Gasteiger partial charge on any atom is -0.353 e. The fourth-order valence-corrected chi connectivity index (χ4v) is 2.45. The molecule has 1 unspecified atom stereocenters. The van der Waals surface area contributed by atoms with Crippen LogP contribution in [0.1, 0.15) is 24.8 Å². The van der Waals surface area contributed by atoms with Crippen LogP contribution < -0.4 is 5.73 Å². The number of ether oxygens (including phenoxy) is 2. The maximum atomic E-state index is 5.79. The zero-order valence-corrected chi connectivity index (χ0v) is 12.2. The highest BCUT2D eigenvalue weighted by atomic mass is 16.7. The van der Waals surface area contributed by atoms with Gasteiger partial charge in [0.25, 0.3) is 0 Å². The van der Waals surface area contributed by atoms with Gasteiger partial charge in [-0.15, -0.1) is 0 Å². The Balaban J connectivity index is 1.71. The first-order valence-corrected chi connectivity index (χ1v) is 7.58. The number of nitrogens with zero attached hydrogens (tertiary/aromatic N) is 1. The Morgan fingerprint density at radius 1 is 1.20 bits per heavy atom. The Bertz CT molecular complexity index is 353. The van der Waals surface area contributed by atoms with Gasteiger partial charge >= 0.3 is 0 Å². The summed E-state index contributed by atoms with van der Waals surface area (Å²) in [6.07, 6.45) is 3.39. The quantitative estimate of drug-likeness (QED) is 0.790. The van der Waals surface area contributed by atoms with Crippen molar-refractivity contribution in [3.8, 4) is 0 Å². The van der Waals surface area contributed by atoms with E-state index in [0.29, 0.717) is 13.2 Å². The molecule has 20 heavy (non-hydrogen) atoms. The minimum absolute atomic E-state index is 0.000187. The van der Waals surface area contributed by atoms with E-state index in [1.807, 2.05) is 6.07 Å². The molecule has 0 aliphatic carbocycles. The summed E-state index contributed by atoms with van der Waals surface area (Å²) in [5, 5.41) is 0. The summed E-state index contributed by atoms with van der Waals surface area (Å²) in [6, 6.07) is 10.5. The van der Waals surface area contributed by atoms with E-state index in [2.05, 4.69) is 29.2 Å². The summed E-state index contributed by atoms with van der Waals surface area (Å²) in [5.74, 6) is 0. The van der Waals surface area contributed by atoms with Crippen molar-refractivity contribution in [3.63, 3.8) is 0 Å². The van der Waals surface area contributed by atoms with Crippen molar-refractivity contribution in [1.29, 1.82) is 0 Å². The van der Waals surface area contributed by atoms with Gasteiger partial charge in [0.2, 0.25) is 0 Å². The summed E-state index contributed by atoms with van der Waals surface area (Å²) >= 11 is 0. The van der Waals surface area contributed by atoms with Gasteiger partial charge in [0.15, 0.2) is 6.29 Å². The molecule has 1 aromatic carbocycles. The van der Waals surface area contributed by atoms with Crippen LogP contribution in [-0.4, -0.2) is 44.0 Å². The molecule has 4 heteroatoms. The molecule has 0 amide bonds. The standard InChI is InChI=1S/C16H26N2O2/c17-9-10-18(14-15-6-2-1-3-7-15)11-13-20-16-8-4-5-12-19-16/h1-3,6-7,16H,4-5,8-14,17H2. The summed E-state index contributed by atoms with van der Waals surface area (Å²) in [6.45, 7) is 4.92. The zero-order valence-electron chi connectivity index (χ0n) is 12.2. The van der Waals surface area contributed by atoms with E-state index >= 15 is 0 Å². The van der Waals surface area contributed by atoms with Gasteiger partial charge in [-0.25, -0.2) is 0 Å². The Labute approximate surface area is 121 Å².